The summed E-state index contributed by atoms with van der Waals surface area (Å²) in [6.45, 7) is 2.03. The highest BCUT2D eigenvalue weighted by atomic mass is 16.3. The van der Waals surface area contributed by atoms with Crippen LogP contribution in [0.3, 0.4) is 0 Å². The number of nitrogens with two attached hydrogens (primary N) is 1. The van der Waals surface area contributed by atoms with Crippen molar-refractivity contribution in [3.8, 4) is 0 Å². The molecule has 0 heterocycles. The van der Waals surface area contributed by atoms with Crippen molar-refractivity contribution in [2.45, 2.75) is 13.0 Å². The Morgan fingerprint density at radius 3 is 2.55 bits per heavy atom. The molecule has 1 unspecified atom stereocenters. The second kappa shape index (κ2) is 4.99. The van der Waals surface area contributed by atoms with Gasteiger partial charge < -0.3 is 10.8 Å². The molecule has 0 saturated carbocycles. The first kappa shape index (κ1) is 12.7. The van der Waals surface area contributed by atoms with Crippen LogP contribution >= 0.6 is 0 Å². The third-order valence-corrected chi connectivity index (χ3v) is 3.69. The number of aryl methyl sites for hydroxylation is 1. The number of hydrogen-bond acceptors (Lipinski definition) is 2. The fourth-order valence-electron chi connectivity index (χ4n) is 2.66. The van der Waals surface area contributed by atoms with E-state index in [1.807, 2.05) is 55.5 Å². The zero-order chi connectivity index (χ0) is 14.1. The molecule has 0 saturated heterocycles. The van der Waals surface area contributed by atoms with Crippen LogP contribution in [0.1, 0.15) is 22.8 Å². The zero-order valence-electron chi connectivity index (χ0n) is 11.4. The maximum Gasteiger partial charge on any atom is 0.105 e. The van der Waals surface area contributed by atoms with Crippen molar-refractivity contribution in [2.24, 2.45) is 0 Å². The fraction of sp³-hybridized carbons (Fsp3) is 0.111. The molecule has 1 atom stereocenters. The van der Waals surface area contributed by atoms with Gasteiger partial charge in [0.1, 0.15) is 6.10 Å². The average Bonchev–Trinajstić information content (AvgIpc) is 2.46. The predicted molar refractivity (Wildman–Crippen MR) is 83.6 cm³/mol. The first-order chi connectivity index (χ1) is 9.66. The lowest BCUT2D eigenvalue weighted by atomic mass is 9.92. The van der Waals surface area contributed by atoms with E-state index in [0.717, 1.165) is 27.5 Å². The van der Waals surface area contributed by atoms with E-state index in [0.29, 0.717) is 5.69 Å². The molecular weight excluding hydrogens is 246 g/mol. The van der Waals surface area contributed by atoms with Crippen molar-refractivity contribution in [3.63, 3.8) is 0 Å². The minimum atomic E-state index is -0.662. The molecule has 3 N–H and O–H groups in total. The van der Waals surface area contributed by atoms with E-state index in [4.69, 9.17) is 5.73 Å². The molecule has 0 radical (unpaired) electrons. The molecule has 0 aliphatic heterocycles. The third-order valence-electron chi connectivity index (χ3n) is 3.69. The molecular formula is C18H17NO. The maximum absolute atomic E-state index is 10.7. The molecule has 0 amide bonds. The summed E-state index contributed by atoms with van der Waals surface area (Å²) in [4.78, 5) is 0. The van der Waals surface area contributed by atoms with Crippen LogP contribution in [0.4, 0.5) is 5.69 Å². The van der Waals surface area contributed by atoms with Crippen LogP contribution in [0, 0.1) is 6.92 Å². The van der Waals surface area contributed by atoms with Crippen molar-refractivity contribution >= 4 is 16.5 Å². The van der Waals surface area contributed by atoms with Crippen LogP contribution in [0.2, 0.25) is 0 Å². The number of aliphatic hydroxyl groups excluding tert-OH is 1. The second-order valence-corrected chi connectivity index (χ2v) is 5.09. The average molecular weight is 263 g/mol. The minimum absolute atomic E-state index is 0.662. The molecule has 0 spiro atoms. The Morgan fingerprint density at radius 2 is 1.75 bits per heavy atom. The number of aliphatic hydroxyl groups is 1. The normalized spacial score (nSPS) is 12.5. The van der Waals surface area contributed by atoms with Crippen LogP contribution in [0.5, 0.6) is 0 Å². The van der Waals surface area contributed by atoms with Crippen molar-refractivity contribution in [1.29, 1.82) is 0 Å². The maximum atomic E-state index is 10.7. The summed E-state index contributed by atoms with van der Waals surface area (Å²) >= 11 is 0. The van der Waals surface area contributed by atoms with Gasteiger partial charge in [0.15, 0.2) is 0 Å². The van der Waals surface area contributed by atoms with Crippen LogP contribution in [0.15, 0.2) is 60.7 Å². The third kappa shape index (κ3) is 2.15. The van der Waals surface area contributed by atoms with E-state index in [-0.39, 0.29) is 0 Å². The summed E-state index contributed by atoms with van der Waals surface area (Å²) in [5.41, 5.74) is 9.34. The number of nitrogen functional groups attached to an aromatic ring is 1. The van der Waals surface area contributed by atoms with Crippen LogP contribution < -0.4 is 5.73 Å². The van der Waals surface area contributed by atoms with Gasteiger partial charge in [0.25, 0.3) is 0 Å². The highest BCUT2D eigenvalue weighted by Gasteiger charge is 2.16. The van der Waals surface area contributed by atoms with Gasteiger partial charge in [-0.05, 0) is 46.5 Å². The Kier molecular flexibility index (Phi) is 3.17. The second-order valence-electron chi connectivity index (χ2n) is 5.09. The van der Waals surface area contributed by atoms with E-state index in [2.05, 4.69) is 12.1 Å². The molecule has 20 heavy (non-hydrogen) atoms. The van der Waals surface area contributed by atoms with Crippen LogP contribution in [-0.2, 0) is 0 Å². The molecule has 3 aromatic rings. The Bertz CT molecular complexity index is 764. The van der Waals surface area contributed by atoms with Gasteiger partial charge in [-0.3, -0.25) is 0 Å². The Hall–Kier alpha value is -2.32. The summed E-state index contributed by atoms with van der Waals surface area (Å²) in [6.07, 6.45) is -0.662. The summed E-state index contributed by atoms with van der Waals surface area (Å²) in [7, 11) is 0. The molecule has 0 aliphatic rings. The van der Waals surface area contributed by atoms with Gasteiger partial charge in [-0.2, -0.15) is 0 Å². The molecule has 2 nitrogen and oxygen atoms in total. The van der Waals surface area contributed by atoms with E-state index >= 15 is 0 Å². The number of anilines is 1. The van der Waals surface area contributed by atoms with Gasteiger partial charge in [0.05, 0.1) is 0 Å². The van der Waals surface area contributed by atoms with Gasteiger partial charge in [-0.1, -0.05) is 48.5 Å². The van der Waals surface area contributed by atoms with Crippen LogP contribution in [0.25, 0.3) is 10.8 Å². The molecule has 3 aromatic carbocycles. The Balaban J connectivity index is 2.21. The highest BCUT2D eigenvalue weighted by Crippen LogP contribution is 2.32. The molecule has 0 bridgehead atoms. The summed E-state index contributed by atoms with van der Waals surface area (Å²) in [5, 5.41) is 13.0. The number of benzene rings is 3. The van der Waals surface area contributed by atoms with E-state index in [9.17, 15) is 5.11 Å². The Labute approximate surface area is 118 Å². The molecule has 2 heteroatoms. The van der Waals surface area contributed by atoms with Crippen molar-refractivity contribution in [2.75, 3.05) is 5.73 Å². The molecule has 0 aromatic heterocycles. The van der Waals surface area contributed by atoms with E-state index in [1.165, 1.54) is 0 Å². The first-order valence-electron chi connectivity index (χ1n) is 6.68. The van der Waals surface area contributed by atoms with Crippen molar-refractivity contribution < 1.29 is 5.11 Å². The number of hydrogen-bond donors (Lipinski definition) is 2. The molecule has 3 rings (SSSR count). The lowest BCUT2D eigenvalue weighted by molar-refractivity contribution is 0.221. The summed E-state index contributed by atoms with van der Waals surface area (Å²) in [5.74, 6) is 0. The van der Waals surface area contributed by atoms with Gasteiger partial charge in [-0.15, -0.1) is 0 Å². The minimum Gasteiger partial charge on any atom is -0.399 e. The van der Waals surface area contributed by atoms with Crippen molar-refractivity contribution in [3.05, 3.63) is 77.4 Å². The smallest absolute Gasteiger partial charge is 0.105 e. The van der Waals surface area contributed by atoms with Gasteiger partial charge in [0, 0.05) is 5.69 Å². The summed E-state index contributed by atoms with van der Waals surface area (Å²) in [6, 6.07) is 19.7. The largest absolute Gasteiger partial charge is 0.399 e. The molecule has 0 aliphatic carbocycles. The summed E-state index contributed by atoms with van der Waals surface area (Å²) < 4.78 is 0. The molecule has 0 fully saturated rings. The molecule has 100 valence electrons. The number of fused-ring (bicyclic) bond motifs is 1. The monoisotopic (exact) mass is 263 g/mol. The lowest BCUT2D eigenvalue weighted by Crippen LogP contribution is -2.03. The quantitative estimate of drug-likeness (QED) is 0.691. The predicted octanol–water partition coefficient (Wildman–Crippen LogP) is 3.81. The highest BCUT2D eigenvalue weighted by molar-refractivity contribution is 5.87. The SMILES string of the molecule is Cc1ccc2ccccc2c1C(O)c1cccc(N)c1. The number of rotatable bonds is 2. The van der Waals surface area contributed by atoms with Gasteiger partial charge >= 0.3 is 0 Å². The van der Waals surface area contributed by atoms with Crippen LogP contribution in [-0.4, -0.2) is 5.11 Å². The topological polar surface area (TPSA) is 46.2 Å². The van der Waals surface area contributed by atoms with Gasteiger partial charge in [-0.25, -0.2) is 0 Å². The standard InChI is InChI=1S/C18H17NO/c1-12-9-10-13-5-2-3-8-16(13)17(12)18(20)14-6-4-7-15(19)11-14/h2-11,18,20H,19H2,1H3. The first-order valence-corrected chi connectivity index (χ1v) is 6.68. The van der Waals surface area contributed by atoms with E-state index < -0.39 is 6.10 Å². The fourth-order valence-corrected chi connectivity index (χ4v) is 2.66. The lowest BCUT2D eigenvalue weighted by Gasteiger charge is -2.17. The van der Waals surface area contributed by atoms with Gasteiger partial charge in [0.2, 0.25) is 0 Å². The Morgan fingerprint density at radius 1 is 0.950 bits per heavy atom. The zero-order valence-corrected chi connectivity index (χ0v) is 11.4. The van der Waals surface area contributed by atoms with Crippen molar-refractivity contribution in [1.82, 2.24) is 0 Å². The van der Waals surface area contributed by atoms with E-state index in [1.54, 1.807) is 0 Å².